The molecule has 2 atom stereocenters. The second-order valence-electron chi connectivity index (χ2n) is 6.54. The Bertz CT molecular complexity index is 905. The molecule has 2 unspecified atom stereocenters. The maximum absolute atomic E-state index is 12.3. The van der Waals surface area contributed by atoms with Crippen molar-refractivity contribution in [3.8, 4) is 11.6 Å². The highest BCUT2D eigenvalue weighted by molar-refractivity contribution is 5.90. The van der Waals surface area contributed by atoms with Gasteiger partial charge in [-0.25, -0.2) is 9.48 Å². The summed E-state index contributed by atoms with van der Waals surface area (Å²) in [5, 5.41) is 24.4. The number of carbonyl (C=O) groups excluding carboxylic acids is 1. The molecule has 0 radical (unpaired) electrons. The van der Waals surface area contributed by atoms with Crippen LogP contribution in [0, 0.1) is 0 Å². The Balaban J connectivity index is 2.20. The zero-order valence-electron chi connectivity index (χ0n) is 14.7. The highest BCUT2D eigenvalue weighted by Gasteiger charge is 2.45. The molecule has 2 aromatic rings. The van der Waals surface area contributed by atoms with Crippen molar-refractivity contribution in [2.75, 3.05) is 6.61 Å². The summed E-state index contributed by atoms with van der Waals surface area (Å²) in [6.45, 7) is 5.28. The fourth-order valence-corrected chi connectivity index (χ4v) is 2.99. The average Bonchev–Trinajstić information content (AvgIpc) is 2.58. The number of nitrogens with zero attached hydrogens (tertiary/aromatic N) is 2. The van der Waals surface area contributed by atoms with Crippen LogP contribution in [0.15, 0.2) is 35.1 Å². The lowest BCUT2D eigenvalue weighted by Crippen LogP contribution is -2.52. The van der Waals surface area contributed by atoms with E-state index in [4.69, 9.17) is 9.47 Å². The first-order valence-electron chi connectivity index (χ1n) is 8.21. The molecule has 1 aromatic heterocycles. The van der Waals surface area contributed by atoms with Crippen LogP contribution in [0.1, 0.15) is 42.7 Å². The van der Waals surface area contributed by atoms with Crippen LogP contribution in [-0.4, -0.2) is 44.3 Å². The summed E-state index contributed by atoms with van der Waals surface area (Å²) in [6.07, 6.45) is -1.15. The van der Waals surface area contributed by atoms with E-state index >= 15 is 0 Å². The third kappa shape index (κ3) is 3.03. The second kappa shape index (κ2) is 6.45. The molecule has 8 heteroatoms. The van der Waals surface area contributed by atoms with Crippen LogP contribution in [0.3, 0.4) is 0 Å². The standard InChI is InChI=1S/C18H20N2O6/c1-4-25-17(24)10-5-6-12-11(9-10)15(16(23)18(2,3)26-12)20-14(22)8-7-13(21)19-20/h5-9,15-16,23H,4H2,1-3H3,(H,19,21). The second-order valence-corrected chi connectivity index (χ2v) is 6.54. The van der Waals surface area contributed by atoms with Crippen molar-refractivity contribution in [1.82, 2.24) is 9.78 Å². The van der Waals surface area contributed by atoms with Gasteiger partial charge in [0, 0.05) is 17.7 Å². The highest BCUT2D eigenvalue weighted by atomic mass is 16.5. The molecule has 0 saturated heterocycles. The largest absolute Gasteiger partial charge is 0.492 e. The number of esters is 1. The van der Waals surface area contributed by atoms with E-state index < -0.39 is 29.3 Å². The van der Waals surface area contributed by atoms with Crippen molar-refractivity contribution in [3.63, 3.8) is 0 Å². The zero-order valence-corrected chi connectivity index (χ0v) is 14.7. The molecular formula is C18H20N2O6. The first-order valence-corrected chi connectivity index (χ1v) is 8.21. The predicted octanol–water partition coefficient (Wildman–Crippen LogP) is 1.25. The lowest BCUT2D eigenvalue weighted by atomic mass is 9.86. The predicted molar refractivity (Wildman–Crippen MR) is 91.4 cm³/mol. The number of aliphatic hydroxyl groups is 1. The van der Waals surface area contributed by atoms with E-state index in [0.717, 1.165) is 10.7 Å². The minimum atomic E-state index is -1.15. The lowest BCUT2D eigenvalue weighted by Gasteiger charge is -2.42. The topological polar surface area (TPSA) is 111 Å². The molecule has 8 nitrogen and oxygen atoms in total. The number of fused-ring (bicyclic) bond motifs is 1. The van der Waals surface area contributed by atoms with Crippen molar-refractivity contribution < 1.29 is 24.5 Å². The quantitative estimate of drug-likeness (QED) is 0.792. The highest BCUT2D eigenvalue weighted by Crippen LogP contribution is 2.41. The molecule has 1 aromatic carbocycles. The Labute approximate surface area is 149 Å². The molecule has 138 valence electrons. The van der Waals surface area contributed by atoms with E-state index in [9.17, 15) is 19.8 Å². The minimum absolute atomic E-state index is 0.221. The van der Waals surface area contributed by atoms with Gasteiger partial charge in [-0.1, -0.05) is 0 Å². The number of aromatic hydroxyl groups is 1. The summed E-state index contributed by atoms with van der Waals surface area (Å²) in [4.78, 5) is 24.4. The van der Waals surface area contributed by atoms with Crippen LogP contribution in [0.2, 0.25) is 0 Å². The van der Waals surface area contributed by atoms with Crippen LogP contribution in [0.4, 0.5) is 0 Å². The Morgan fingerprint density at radius 2 is 2.08 bits per heavy atom. The van der Waals surface area contributed by atoms with Gasteiger partial charge >= 0.3 is 5.97 Å². The van der Waals surface area contributed by atoms with Gasteiger partial charge in [0.25, 0.3) is 5.56 Å². The molecule has 2 heterocycles. The summed E-state index contributed by atoms with van der Waals surface area (Å²) in [5.41, 5.74) is -0.852. The molecule has 0 spiro atoms. The molecule has 1 aliphatic rings. The minimum Gasteiger partial charge on any atom is -0.492 e. The van der Waals surface area contributed by atoms with Gasteiger partial charge in [0.05, 0.1) is 12.2 Å². The maximum atomic E-state index is 12.3. The van der Waals surface area contributed by atoms with Crippen molar-refractivity contribution in [2.24, 2.45) is 0 Å². The zero-order chi connectivity index (χ0) is 19.1. The summed E-state index contributed by atoms with van der Waals surface area (Å²) >= 11 is 0. The SMILES string of the molecule is CCOC(=O)c1ccc2c(c1)C(n1nc(O)ccc1=O)C(O)C(C)(C)O2. The summed E-state index contributed by atoms with van der Waals surface area (Å²) < 4.78 is 11.8. The molecule has 0 aliphatic carbocycles. The maximum Gasteiger partial charge on any atom is 0.338 e. The third-order valence-corrected chi connectivity index (χ3v) is 4.30. The number of carbonyl (C=O) groups is 1. The fraction of sp³-hybridized carbons (Fsp3) is 0.389. The smallest absolute Gasteiger partial charge is 0.338 e. The first-order chi connectivity index (χ1) is 12.2. The first kappa shape index (κ1) is 17.9. The van der Waals surface area contributed by atoms with Crippen molar-refractivity contribution in [1.29, 1.82) is 0 Å². The summed E-state index contributed by atoms with van der Waals surface area (Å²) in [7, 11) is 0. The number of aromatic nitrogens is 2. The van der Waals surface area contributed by atoms with E-state index in [1.807, 2.05) is 0 Å². The van der Waals surface area contributed by atoms with E-state index in [1.54, 1.807) is 32.9 Å². The molecule has 0 bridgehead atoms. The van der Waals surface area contributed by atoms with Crippen LogP contribution < -0.4 is 10.3 Å². The molecule has 3 rings (SSSR count). The number of hydrogen-bond acceptors (Lipinski definition) is 7. The van der Waals surface area contributed by atoms with Crippen molar-refractivity contribution in [3.05, 3.63) is 51.8 Å². The van der Waals surface area contributed by atoms with Crippen molar-refractivity contribution >= 4 is 5.97 Å². The molecule has 2 N–H and O–H groups in total. The lowest BCUT2D eigenvalue weighted by molar-refractivity contribution is -0.0669. The number of benzene rings is 1. The van der Waals surface area contributed by atoms with E-state index in [0.29, 0.717) is 11.3 Å². The molecule has 26 heavy (non-hydrogen) atoms. The number of hydrogen-bond donors (Lipinski definition) is 2. The fourth-order valence-electron chi connectivity index (χ4n) is 2.99. The molecule has 0 fully saturated rings. The molecular weight excluding hydrogens is 340 g/mol. The van der Waals surface area contributed by atoms with Gasteiger partial charge in [0.2, 0.25) is 5.88 Å². The summed E-state index contributed by atoms with van der Waals surface area (Å²) in [5.74, 6) is -0.468. The van der Waals surface area contributed by atoms with Crippen LogP contribution in [0.25, 0.3) is 0 Å². The van der Waals surface area contributed by atoms with E-state index in [2.05, 4.69) is 5.10 Å². The molecule has 0 amide bonds. The van der Waals surface area contributed by atoms with Gasteiger partial charge in [-0.15, -0.1) is 5.10 Å². The van der Waals surface area contributed by atoms with E-state index in [1.165, 1.54) is 12.1 Å². The van der Waals surface area contributed by atoms with Gasteiger partial charge in [0.15, 0.2) is 0 Å². The van der Waals surface area contributed by atoms with Crippen LogP contribution in [-0.2, 0) is 4.74 Å². The van der Waals surface area contributed by atoms with Crippen LogP contribution >= 0.6 is 0 Å². The average molecular weight is 360 g/mol. The molecule has 1 aliphatic heterocycles. The normalized spacial score (nSPS) is 20.8. The van der Waals surface area contributed by atoms with Crippen molar-refractivity contribution in [2.45, 2.75) is 38.5 Å². The Kier molecular flexibility index (Phi) is 4.45. The number of aliphatic hydroxyl groups excluding tert-OH is 1. The van der Waals surface area contributed by atoms with Gasteiger partial charge in [-0.2, -0.15) is 0 Å². The Morgan fingerprint density at radius 3 is 2.77 bits per heavy atom. The third-order valence-electron chi connectivity index (χ3n) is 4.30. The van der Waals surface area contributed by atoms with Gasteiger partial charge in [0.1, 0.15) is 23.5 Å². The van der Waals surface area contributed by atoms with Gasteiger partial charge < -0.3 is 19.7 Å². The van der Waals surface area contributed by atoms with Crippen LogP contribution in [0.5, 0.6) is 11.6 Å². The Morgan fingerprint density at radius 1 is 1.35 bits per heavy atom. The van der Waals surface area contributed by atoms with E-state index in [-0.39, 0.29) is 18.1 Å². The van der Waals surface area contributed by atoms with Gasteiger partial charge in [-0.05, 0) is 39.0 Å². The number of rotatable bonds is 3. The summed E-state index contributed by atoms with van der Waals surface area (Å²) in [6, 6.07) is 6.05. The Hall–Kier alpha value is -2.87. The van der Waals surface area contributed by atoms with Gasteiger partial charge in [-0.3, -0.25) is 4.79 Å². The molecule has 0 saturated carbocycles. The number of ether oxygens (including phenoxy) is 2. The monoisotopic (exact) mass is 360 g/mol.